The number of unbranched alkanes of at least 4 members (excludes halogenated alkanes) is 1. The van der Waals surface area contributed by atoms with Crippen LogP contribution in [0.15, 0.2) is 0 Å². The summed E-state index contributed by atoms with van der Waals surface area (Å²) in [6.45, 7) is 14.5. The number of ether oxygens (including phenoxy) is 1. The molecule has 0 radical (unpaired) electrons. The van der Waals surface area contributed by atoms with Crippen LogP contribution in [-0.4, -0.2) is 49.8 Å². The summed E-state index contributed by atoms with van der Waals surface area (Å²) < 4.78 is 5.71. The van der Waals surface area contributed by atoms with Crippen LogP contribution in [-0.2, 0) is 4.74 Å². The van der Waals surface area contributed by atoms with E-state index in [1.807, 2.05) is 0 Å². The van der Waals surface area contributed by atoms with Gasteiger partial charge in [0.2, 0.25) is 0 Å². The predicted octanol–water partition coefficient (Wildman–Crippen LogP) is 2.90. The summed E-state index contributed by atoms with van der Waals surface area (Å²) in [4.78, 5) is 2.67. The van der Waals surface area contributed by atoms with Gasteiger partial charge in [-0.25, -0.2) is 0 Å². The molecule has 1 aliphatic rings. The van der Waals surface area contributed by atoms with Crippen molar-refractivity contribution >= 4 is 0 Å². The highest BCUT2D eigenvalue weighted by atomic mass is 16.5. The van der Waals surface area contributed by atoms with Crippen molar-refractivity contribution in [2.75, 3.05) is 32.8 Å². The highest BCUT2D eigenvalue weighted by Gasteiger charge is 2.27. The molecule has 0 spiro atoms. The fourth-order valence-corrected chi connectivity index (χ4v) is 2.92. The summed E-state index contributed by atoms with van der Waals surface area (Å²) in [5.41, 5.74) is 0. The lowest BCUT2D eigenvalue weighted by atomic mass is 9.94. The maximum atomic E-state index is 5.71. The van der Waals surface area contributed by atoms with Crippen molar-refractivity contribution < 1.29 is 4.74 Å². The van der Waals surface area contributed by atoms with Crippen LogP contribution >= 0.6 is 0 Å². The molecule has 3 unspecified atom stereocenters. The molecule has 0 aromatic carbocycles. The quantitative estimate of drug-likeness (QED) is 0.697. The van der Waals surface area contributed by atoms with Gasteiger partial charge in [0.25, 0.3) is 0 Å². The average molecular weight is 270 g/mol. The Morgan fingerprint density at radius 1 is 1.32 bits per heavy atom. The molecule has 0 aromatic heterocycles. The van der Waals surface area contributed by atoms with E-state index in [4.69, 9.17) is 4.74 Å². The molecule has 0 aromatic rings. The van der Waals surface area contributed by atoms with Gasteiger partial charge >= 0.3 is 0 Å². The third kappa shape index (κ3) is 5.80. The molecule has 1 N–H and O–H groups in total. The molecule has 3 heteroatoms. The zero-order valence-corrected chi connectivity index (χ0v) is 13.5. The van der Waals surface area contributed by atoms with E-state index in [9.17, 15) is 0 Å². The lowest BCUT2D eigenvalue weighted by molar-refractivity contribution is 0.0109. The Labute approximate surface area is 120 Å². The molecule has 114 valence electrons. The van der Waals surface area contributed by atoms with E-state index < -0.39 is 0 Å². The highest BCUT2D eigenvalue weighted by Crippen LogP contribution is 2.18. The first-order valence-electron chi connectivity index (χ1n) is 8.28. The first-order chi connectivity index (χ1) is 9.22. The molecule has 0 saturated carbocycles. The summed E-state index contributed by atoms with van der Waals surface area (Å²) in [6.07, 6.45) is 5.00. The van der Waals surface area contributed by atoms with Crippen molar-refractivity contribution in [3.05, 3.63) is 0 Å². The van der Waals surface area contributed by atoms with Gasteiger partial charge < -0.3 is 15.0 Å². The Morgan fingerprint density at radius 2 is 2.11 bits per heavy atom. The van der Waals surface area contributed by atoms with Gasteiger partial charge in [-0.2, -0.15) is 0 Å². The van der Waals surface area contributed by atoms with Crippen LogP contribution < -0.4 is 5.32 Å². The largest absolute Gasteiger partial charge is 0.381 e. The molecule has 3 atom stereocenters. The van der Waals surface area contributed by atoms with Gasteiger partial charge in [-0.3, -0.25) is 0 Å². The Hall–Kier alpha value is -0.120. The predicted molar refractivity (Wildman–Crippen MR) is 82.6 cm³/mol. The zero-order valence-electron chi connectivity index (χ0n) is 13.5. The molecule has 1 rings (SSSR count). The summed E-state index contributed by atoms with van der Waals surface area (Å²) in [5, 5.41) is 3.65. The molecular formula is C16H34N2O. The molecule has 1 aliphatic heterocycles. The number of nitrogens with one attached hydrogen (secondary N) is 1. The normalized spacial score (nSPS) is 25.7. The molecular weight excluding hydrogens is 236 g/mol. The smallest absolute Gasteiger partial charge is 0.0521 e. The number of rotatable bonds is 9. The van der Waals surface area contributed by atoms with Crippen molar-refractivity contribution in [1.82, 2.24) is 10.2 Å². The van der Waals surface area contributed by atoms with Crippen molar-refractivity contribution in [3.63, 3.8) is 0 Å². The summed E-state index contributed by atoms with van der Waals surface area (Å²) in [5.74, 6) is 0.652. The van der Waals surface area contributed by atoms with Crippen LogP contribution in [0.2, 0.25) is 0 Å². The third-order valence-corrected chi connectivity index (χ3v) is 4.42. The van der Waals surface area contributed by atoms with E-state index in [1.165, 1.54) is 38.8 Å². The lowest BCUT2D eigenvalue weighted by Crippen LogP contribution is -2.49. The number of hydrogen-bond donors (Lipinski definition) is 1. The van der Waals surface area contributed by atoms with Crippen LogP contribution in [0, 0.1) is 5.92 Å². The van der Waals surface area contributed by atoms with E-state index in [0.717, 1.165) is 19.8 Å². The molecule has 19 heavy (non-hydrogen) atoms. The maximum absolute atomic E-state index is 5.71. The minimum atomic E-state index is 0.645. The molecule has 1 fully saturated rings. The molecule has 1 saturated heterocycles. The van der Waals surface area contributed by atoms with Gasteiger partial charge in [-0.05, 0) is 39.3 Å². The first kappa shape index (κ1) is 16.9. The topological polar surface area (TPSA) is 24.5 Å². The van der Waals surface area contributed by atoms with Gasteiger partial charge in [0, 0.05) is 31.2 Å². The second kappa shape index (κ2) is 9.73. The fourth-order valence-electron chi connectivity index (χ4n) is 2.92. The van der Waals surface area contributed by atoms with Gasteiger partial charge in [0.15, 0.2) is 0 Å². The molecule has 1 heterocycles. The van der Waals surface area contributed by atoms with E-state index in [0.29, 0.717) is 18.0 Å². The number of nitrogens with zero attached hydrogens (tertiary/aromatic N) is 1. The van der Waals surface area contributed by atoms with Crippen molar-refractivity contribution in [2.24, 2.45) is 5.92 Å². The monoisotopic (exact) mass is 270 g/mol. The standard InChI is InChI=1S/C16H34N2O/c1-5-8-10-18(14(4)6-2)12-15-13-19-11-9-16(15)17-7-3/h14-17H,5-13H2,1-4H3. The minimum absolute atomic E-state index is 0.645. The lowest BCUT2D eigenvalue weighted by Gasteiger charge is -2.38. The van der Waals surface area contributed by atoms with Crippen molar-refractivity contribution in [2.45, 2.75) is 65.5 Å². The maximum Gasteiger partial charge on any atom is 0.0521 e. The molecule has 0 aliphatic carbocycles. The minimum Gasteiger partial charge on any atom is -0.381 e. The van der Waals surface area contributed by atoms with E-state index in [2.05, 4.69) is 37.9 Å². The number of hydrogen-bond acceptors (Lipinski definition) is 3. The van der Waals surface area contributed by atoms with E-state index in [1.54, 1.807) is 0 Å². The average Bonchev–Trinajstić information content (AvgIpc) is 2.44. The summed E-state index contributed by atoms with van der Waals surface area (Å²) >= 11 is 0. The SMILES string of the molecule is CCCCN(CC1COCCC1NCC)C(C)CC. The van der Waals surface area contributed by atoms with Gasteiger partial charge in [-0.15, -0.1) is 0 Å². The third-order valence-electron chi connectivity index (χ3n) is 4.42. The second-order valence-corrected chi connectivity index (χ2v) is 5.89. The van der Waals surface area contributed by atoms with E-state index >= 15 is 0 Å². The Balaban J connectivity index is 2.53. The fraction of sp³-hybridized carbons (Fsp3) is 1.00. The van der Waals surface area contributed by atoms with E-state index in [-0.39, 0.29) is 0 Å². The first-order valence-corrected chi connectivity index (χ1v) is 8.28. The van der Waals surface area contributed by atoms with Crippen LogP contribution in [0.5, 0.6) is 0 Å². The second-order valence-electron chi connectivity index (χ2n) is 5.89. The van der Waals surface area contributed by atoms with Crippen LogP contribution in [0.3, 0.4) is 0 Å². The van der Waals surface area contributed by atoms with Gasteiger partial charge in [-0.1, -0.05) is 27.2 Å². The molecule has 3 nitrogen and oxygen atoms in total. The molecule has 0 amide bonds. The van der Waals surface area contributed by atoms with Crippen molar-refractivity contribution in [3.8, 4) is 0 Å². The van der Waals surface area contributed by atoms with Gasteiger partial charge in [0.05, 0.1) is 6.61 Å². The summed E-state index contributed by atoms with van der Waals surface area (Å²) in [6, 6.07) is 1.34. The van der Waals surface area contributed by atoms with Crippen LogP contribution in [0.4, 0.5) is 0 Å². The zero-order chi connectivity index (χ0) is 14.1. The summed E-state index contributed by atoms with van der Waals surface area (Å²) in [7, 11) is 0. The molecule has 0 bridgehead atoms. The van der Waals surface area contributed by atoms with Gasteiger partial charge in [0.1, 0.15) is 0 Å². The Bertz CT molecular complexity index is 221. The highest BCUT2D eigenvalue weighted by molar-refractivity contribution is 4.83. The Kier molecular flexibility index (Phi) is 8.67. The van der Waals surface area contributed by atoms with Crippen molar-refractivity contribution in [1.29, 1.82) is 0 Å². The van der Waals surface area contributed by atoms with Crippen LogP contribution in [0.1, 0.15) is 53.4 Å². The van der Waals surface area contributed by atoms with Crippen LogP contribution in [0.25, 0.3) is 0 Å². The Morgan fingerprint density at radius 3 is 2.74 bits per heavy atom.